The van der Waals surface area contributed by atoms with Crippen molar-refractivity contribution in [1.82, 2.24) is 0 Å². The van der Waals surface area contributed by atoms with E-state index in [-0.39, 0.29) is 22.3 Å². The third kappa shape index (κ3) is 1.83. The predicted molar refractivity (Wildman–Crippen MR) is 86.6 cm³/mol. The fourth-order valence-corrected chi connectivity index (χ4v) is 3.29. The van der Waals surface area contributed by atoms with Gasteiger partial charge in [0.1, 0.15) is 5.76 Å². The quantitative estimate of drug-likeness (QED) is 0.490. The number of fused-ring (bicyclic) bond motifs is 2. The number of aromatic hydroxyl groups is 2. The highest BCUT2D eigenvalue weighted by atomic mass is 16.3. The van der Waals surface area contributed by atoms with Gasteiger partial charge in [0.05, 0.1) is 17.1 Å². The first-order valence-corrected chi connectivity index (χ1v) is 7.05. The maximum Gasteiger partial charge on any atom is 0.168 e. The number of hydrogen-bond donors (Lipinski definition) is 4. The number of aldehydes is 2. The van der Waals surface area contributed by atoms with Gasteiger partial charge in [0.15, 0.2) is 29.8 Å². The molecule has 4 N–H and O–H groups in total. The molecular weight excluding hydrogens is 312 g/mol. The number of phenols is 2. The second-order valence-corrected chi connectivity index (χ2v) is 5.73. The summed E-state index contributed by atoms with van der Waals surface area (Å²) in [6.07, 6.45) is 2.26. The molecule has 2 unspecified atom stereocenters. The molecule has 2 atom stereocenters. The second-order valence-electron chi connectivity index (χ2n) is 5.73. The number of aliphatic hydroxyl groups excluding tert-OH is 2. The smallest absolute Gasteiger partial charge is 0.168 e. The van der Waals surface area contributed by atoms with Crippen molar-refractivity contribution in [2.75, 3.05) is 0 Å². The Hall–Kier alpha value is -3.28. The van der Waals surface area contributed by atoms with Crippen LogP contribution in [0.15, 0.2) is 42.4 Å². The van der Waals surface area contributed by atoms with E-state index in [1.807, 2.05) is 0 Å². The zero-order chi connectivity index (χ0) is 17.8. The first-order chi connectivity index (χ1) is 11.3. The first-order valence-electron chi connectivity index (χ1n) is 7.05. The molecule has 0 amide bonds. The summed E-state index contributed by atoms with van der Waals surface area (Å²) < 4.78 is 0. The van der Waals surface area contributed by atoms with Gasteiger partial charge >= 0.3 is 0 Å². The topological polar surface area (TPSA) is 115 Å². The van der Waals surface area contributed by atoms with Gasteiger partial charge in [0.2, 0.25) is 0 Å². The molecule has 0 saturated heterocycles. The van der Waals surface area contributed by atoms with Gasteiger partial charge in [-0.2, -0.15) is 0 Å². The Morgan fingerprint density at radius 2 is 1.62 bits per heavy atom. The molecule has 1 aromatic rings. The summed E-state index contributed by atoms with van der Waals surface area (Å²) in [6.45, 7) is 7.77. The van der Waals surface area contributed by atoms with Gasteiger partial charge < -0.3 is 20.4 Å². The van der Waals surface area contributed by atoms with Crippen molar-refractivity contribution in [3.63, 3.8) is 0 Å². The Morgan fingerprint density at radius 1 is 0.958 bits per heavy atom. The molecule has 6 nitrogen and oxygen atoms in total. The molecule has 6 heteroatoms. The summed E-state index contributed by atoms with van der Waals surface area (Å²) in [5, 5.41) is 40.4. The number of carbonyl (C=O) groups excluding carboxylic acids is 2. The lowest BCUT2D eigenvalue weighted by Crippen LogP contribution is -2.28. The monoisotopic (exact) mass is 326 g/mol. The number of allylic oxidation sites excluding steroid dienone is 4. The normalized spacial score (nSPS) is 22.6. The minimum atomic E-state index is -0.832. The Bertz CT molecular complexity index is 887. The summed E-state index contributed by atoms with van der Waals surface area (Å²) in [6, 6.07) is 1.37. The lowest BCUT2D eigenvalue weighted by atomic mass is 9.66. The van der Waals surface area contributed by atoms with Crippen molar-refractivity contribution in [2.45, 2.75) is 0 Å². The van der Waals surface area contributed by atoms with Crippen LogP contribution in [0.25, 0.3) is 11.1 Å². The van der Waals surface area contributed by atoms with Crippen LogP contribution in [-0.4, -0.2) is 33.0 Å². The summed E-state index contributed by atoms with van der Waals surface area (Å²) in [4.78, 5) is 22.1. The van der Waals surface area contributed by atoms with Crippen LogP contribution in [0, 0.1) is 11.8 Å². The number of phenolic OH excluding ortho intramolecular Hbond substituents is 2. The highest BCUT2D eigenvalue weighted by molar-refractivity contribution is 5.96. The third-order valence-corrected chi connectivity index (χ3v) is 4.53. The van der Waals surface area contributed by atoms with Crippen molar-refractivity contribution >= 4 is 23.7 Å². The van der Waals surface area contributed by atoms with Gasteiger partial charge in [0, 0.05) is 11.5 Å². The Morgan fingerprint density at radius 3 is 2.21 bits per heavy atom. The molecule has 2 aliphatic carbocycles. The van der Waals surface area contributed by atoms with Gasteiger partial charge in [-0.1, -0.05) is 19.2 Å². The van der Waals surface area contributed by atoms with Crippen LogP contribution in [0.3, 0.4) is 0 Å². The number of carbonyl (C=O) groups is 2. The minimum Gasteiger partial charge on any atom is -0.508 e. The van der Waals surface area contributed by atoms with Gasteiger partial charge in [0.25, 0.3) is 0 Å². The van der Waals surface area contributed by atoms with E-state index in [2.05, 4.69) is 13.2 Å². The number of aliphatic hydroxyl groups is 2. The molecule has 0 aromatic heterocycles. The molecule has 0 spiro atoms. The van der Waals surface area contributed by atoms with Crippen LogP contribution < -0.4 is 0 Å². The zero-order valence-corrected chi connectivity index (χ0v) is 12.5. The van der Waals surface area contributed by atoms with Gasteiger partial charge in [-0.05, 0) is 22.8 Å². The number of rotatable bonds is 2. The summed E-state index contributed by atoms with van der Waals surface area (Å²) in [5.74, 6) is -3.57. The molecule has 0 radical (unpaired) electrons. The molecule has 2 aliphatic rings. The van der Waals surface area contributed by atoms with Crippen molar-refractivity contribution in [3.05, 3.63) is 59.1 Å². The molecule has 1 aromatic carbocycles. The van der Waals surface area contributed by atoms with Gasteiger partial charge in [-0.25, -0.2) is 0 Å². The molecule has 122 valence electrons. The van der Waals surface area contributed by atoms with Crippen molar-refractivity contribution < 1.29 is 30.0 Å². The molecule has 0 bridgehead atoms. The molecular formula is C18H14O6. The van der Waals surface area contributed by atoms with Crippen LogP contribution >= 0.6 is 0 Å². The SMILES string of the molecule is C=C1c2cc(C=O)c(O)c(O)c2C(=C)C2C(O)=C(O)C(C=O)=CC12. The van der Waals surface area contributed by atoms with Crippen LogP contribution in [0.5, 0.6) is 11.5 Å². The standard InChI is InChI=1S/C18H14O6/c1-7-11-3-9(5-19)15(21)17(23)13(11)8(2)14-12(7)4-10(6-20)16(22)18(14)24/h3-6,11,13,21-24H,1-2H2. The zero-order valence-electron chi connectivity index (χ0n) is 12.5. The Balaban J connectivity index is 2.31. The lowest BCUT2D eigenvalue weighted by molar-refractivity contribution is -0.105. The fourth-order valence-electron chi connectivity index (χ4n) is 3.29. The summed E-state index contributed by atoms with van der Waals surface area (Å²) >= 11 is 0. The van der Waals surface area contributed by atoms with Crippen molar-refractivity contribution in [1.29, 1.82) is 0 Å². The van der Waals surface area contributed by atoms with Gasteiger partial charge in [-0.15, -0.1) is 0 Å². The Labute approximate surface area is 137 Å². The minimum absolute atomic E-state index is 0.0789. The van der Waals surface area contributed by atoms with E-state index in [9.17, 15) is 30.0 Å². The summed E-state index contributed by atoms with van der Waals surface area (Å²) in [7, 11) is 0. The second kappa shape index (κ2) is 5.13. The van der Waals surface area contributed by atoms with Gasteiger partial charge in [-0.3, -0.25) is 9.59 Å². The average Bonchev–Trinajstić information content (AvgIpc) is 2.57. The largest absolute Gasteiger partial charge is 0.508 e. The molecule has 24 heavy (non-hydrogen) atoms. The molecule has 0 aliphatic heterocycles. The van der Waals surface area contributed by atoms with E-state index >= 15 is 0 Å². The van der Waals surface area contributed by atoms with Crippen LogP contribution in [0.2, 0.25) is 0 Å². The molecule has 3 rings (SSSR count). The number of benzene rings is 1. The Kier molecular flexibility index (Phi) is 3.33. The van der Waals surface area contributed by atoms with E-state index in [0.717, 1.165) is 0 Å². The van der Waals surface area contributed by atoms with E-state index in [4.69, 9.17) is 0 Å². The fraction of sp³-hybridized carbons (Fsp3) is 0.111. The van der Waals surface area contributed by atoms with E-state index in [1.165, 1.54) is 12.1 Å². The molecule has 0 heterocycles. The molecule has 0 fully saturated rings. The van der Waals surface area contributed by atoms with Crippen molar-refractivity contribution in [2.24, 2.45) is 11.8 Å². The third-order valence-electron chi connectivity index (χ3n) is 4.53. The highest BCUT2D eigenvalue weighted by Gasteiger charge is 2.42. The molecule has 0 saturated carbocycles. The van der Waals surface area contributed by atoms with Crippen LogP contribution in [0.4, 0.5) is 0 Å². The first kappa shape index (κ1) is 15.6. The highest BCUT2D eigenvalue weighted by Crippen LogP contribution is 2.54. The number of hydrogen-bond acceptors (Lipinski definition) is 6. The lowest BCUT2D eigenvalue weighted by Gasteiger charge is -2.37. The van der Waals surface area contributed by atoms with Crippen LogP contribution in [-0.2, 0) is 4.79 Å². The van der Waals surface area contributed by atoms with Crippen molar-refractivity contribution in [3.8, 4) is 11.5 Å². The van der Waals surface area contributed by atoms with E-state index in [1.54, 1.807) is 0 Å². The summed E-state index contributed by atoms with van der Waals surface area (Å²) in [5.41, 5.74) is 0.986. The predicted octanol–water partition coefficient (Wildman–Crippen LogP) is 2.65. The maximum atomic E-state index is 11.1. The van der Waals surface area contributed by atoms with Crippen LogP contribution in [0.1, 0.15) is 21.5 Å². The average molecular weight is 326 g/mol. The maximum absolute atomic E-state index is 11.1. The van der Waals surface area contributed by atoms with E-state index < -0.39 is 34.9 Å². The van der Waals surface area contributed by atoms with E-state index in [0.29, 0.717) is 23.7 Å².